The highest BCUT2D eigenvalue weighted by Crippen LogP contribution is 2.36. The summed E-state index contributed by atoms with van der Waals surface area (Å²) in [6.45, 7) is 14.9. The largest absolute Gasteiger partial charge is 0.372 e. The van der Waals surface area contributed by atoms with E-state index >= 15 is 0 Å². The van der Waals surface area contributed by atoms with E-state index in [0.717, 1.165) is 19.5 Å². The quantitative estimate of drug-likeness (QED) is 0.542. The van der Waals surface area contributed by atoms with Crippen LogP contribution in [0.15, 0.2) is 12.7 Å². The zero-order chi connectivity index (χ0) is 12.9. The van der Waals surface area contributed by atoms with Gasteiger partial charge >= 0.3 is 0 Å². The molecule has 1 heterocycles. The van der Waals surface area contributed by atoms with Gasteiger partial charge in [0.1, 0.15) is 0 Å². The minimum Gasteiger partial charge on any atom is -0.372 e. The maximum atomic E-state index is 6.08. The van der Waals surface area contributed by atoms with Crippen molar-refractivity contribution < 1.29 is 4.74 Å². The lowest BCUT2D eigenvalue weighted by Gasteiger charge is -2.30. The van der Waals surface area contributed by atoms with Crippen molar-refractivity contribution in [3.05, 3.63) is 12.7 Å². The number of nitrogens with one attached hydrogen (secondary N) is 1. The number of ether oxygens (including phenoxy) is 1. The summed E-state index contributed by atoms with van der Waals surface area (Å²) in [6, 6.07) is 0. The van der Waals surface area contributed by atoms with Crippen LogP contribution in [0.2, 0.25) is 0 Å². The first-order chi connectivity index (χ1) is 7.91. The zero-order valence-electron chi connectivity index (χ0n) is 12.0. The molecule has 2 atom stereocenters. The summed E-state index contributed by atoms with van der Waals surface area (Å²) in [4.78, 5) is 0. The van der Waals surface area contributed by atoms with Crippen LogP contribution in [0.5, 0.6) is 0 Å². The van der Waals surface area contributed by atoms with Gasteiger partial charge in [-0.15, -0.1) is 6.58 Å². The van der Waals surface area contributed by atoms with E-state index in [-0.39, 0.29) is 11.0 Å². The maximum absolute atomic E-state index is 6.08. The molecule has 100 valence electrons. The molecule has 1 fully saturated rings. The van der Waals surface area contributed by atoms with Crippen LogP contribution in [-0.4, -0.2) is 24.8 Å². The molecule has 1 saturated heterocycles. The summed E-state index contributed by atoms with van der Waals surface area (Å²) in [5.74, 6) is 0. The van der Waals surface area contributed by atoms with E-state index in [1.54, 1.807) is 0 Å². The van der Waals surface area contributed by atoms with Gasteiger partial charge in [-0.2, -0.15) is 0 Å². The predicted molar refractivity (Wildman–Crippen MR) is 74.3 cm³/mol. The molecule has 0 aromatic heterocycles. The normalized spacial score (nSPS) is 26.7. The Labute approximate surface area is 107 Å². The Morgan fingerprint density at radius 1 is 1.53 bits per heavy atom. The Balaban J connectivity index is 2.43. The average molecular weight is 239 g/mol. The topological polar surface area (TPSA) is 21.3 Å². The molecule has 0 bridgehead atoms. The molecule has 0 aromatic carbocycles. The van der Waals surface area contributed by atoms with Crippen molar-refractivity contribution in [2.24, 2.45) is 5.41 Å². The van der Waals surface area contributed by atoms with Crippen molar-refractivity contribution in [1.29, 1.82) is 0 Å². The van der Waals surface area contributed by atoms with E-state index in [2.05, 4.69) is 45.7 Å². The van der Waals surface area contributed by atoms with Crippen LogP contribution in [0.1, 0.15) is 53.4 Å². The van der Waals surface area contributed by atoms with Gasteiger partial charge in [-0.05, 0) is 46.1 Å². The number of hydrogen-bond acceptors (Lipinski definition) is 2. The minimum absolute atomic E-state index is 0.0730. The molecule has 0 aromatic rings. The first-order valence-electron chi connectivity index (χ1n) is 6.93. The second-order valence-electron chi connectivity index (χ2n) is 6.28. The zero-order valence-corrected chi connectivity index (χ0v) is 12.0. The summed E-state index contributed by atoms with van der Waals surface area (Å²) in [6.07, 6.45) is 7.11. The third-order valence-electron chi connectivity index (χ3n) is 3.70. The van der Waals surface area contributed by atoms with Crippen LogP contribution in [0.3, 0.4) is 0 Å². The van der Waals surface area contributed by atoms with Crippen LogP contribution in [0.25, 0.3) is 0 Å². The second kappa shape index (κ2) is 6.01. The minimum atomic E-state index is 0.0730. The van der Waals surface area contributed by atoms with Crippen molar-refractivity contribution in [1.82, 2.24) is 5.32 Å². The summed E-state index contributed by atoms with van der Waals surface area (Å²) in [7, 11) is 0. The summed E-state index contributed by atoms with van der Waals surface area (Å²) < 4.78 is 6.08. The molecule has 17 heavy (non-hydrogen) atoms. The molecule has 2 unspecified atom stereocenters. The molecule has 1 rings (SSSR count). The third kappa shape index (κ3) is 4.81. The van der Waals surface area contributed by atoms with Crippen LogP contribution in [-0.2, 0) is 4.74 Å². The fourth-order valence-electron chi connectivity index (χ4n) is 2.52. The van der Waals surface area contributed by atoms with Crippen LogP contribution >= 0.6 is 0 Å². The molecule has 1 aliphatic heterocycles. The molecule has 0 saturated carbocycles. The van der Waals surface area contributed by atoms with Gasteiger partial charge in [-0.25, -0.2) is 0 Å². The molecule has 0 amide bonds. The first kappa shape index (κ1) is 14.7. The van der Waals surface area contributed by atoms with E-state index in [1.165, 1.54) is 19.3 Å². The first-order valence-corrected chi connectivity index (χ1v) is 6.93. The molecule has 1 N–H and O–H groups in total. The monoisotopic (exact) mass is 239 g/mol. The van der Waals surface area contributed by atoms with Gasteiger partial charge in [0.25, 0.3) is 0 Å². The van der Waals surface area contributed by atoms with Crippen molar-refractivity contribution >= 4 is 0 Å². The predicted octanol–water partition coefficient (Wildman–Crippen LogP) is 3.53. The lowest BCUT2D eigenvalue weighted by atomic mass is 9.83. The van der Waals surface area contributed by atoms with Gasteiger partial charge in [0.05, 0.1) is 11.7 Å². The van der Waals surface area contributed by atoms with Crippen LogP contribution in [0, 0.1) is 5.41 Å². The molecular formula is C15H29NO. The molecule has 0 radical (unpaired) electrons. The van der Waals surface area contributed by atoms with Crippen molar-refractivity contribution in [2.45, 2.75) is 65.1 Å². The van der Waals surface area contributed by atoms with E-state index in [9.17, 15) is 0 Å². The van der Waals surface area contributed by atoms with E-state index < -0.39 is 0 Å². The van der Waals surface area contributed by atoms with E-state index in [4.69, 9.17) is 4.74 Å². The Morgan fingerprint density at radius 2 is 2.24 bits per heavy atom. The van der Waals surface area contributed by atoms with Crippen molar-refractivity contribution in [3.8, 4) is 0 Å². The number of hydrogen-bond donors (Lipinski definition) is 1. The molecule has 0 aliphatic carbocycles. The van der Waals surface area contributed by atoms with E-state index in [0.29, 0.717) is 6.10 Å². The second-order valence-corrected chi connectivity index (χ2v) is 6.28. The molecule has 2 heteroatoms. The van der Waals surface area contributed by atoms with Gasteiger partial charge < -0.3 is 10.1 Å². The van der Waals surface area contributed by atoms with Gasteiger partial charge in [-0.1, -0.05) is 19.9 Å². The highest BCUT2D eigenvalue weighted by molar-refractivity contribution is 4.96. The SMILES string of the molecule is C=CC(C)(CNCCC)CC1CCC(C)(C)O1. The van der Waals surface area contributed by atoms with E-state index in [1.807, 2.05) is 0 Å². The third-order valence-corrected chi connectivity index (χ3v) is 3.70. The summed E-state index contributed by atoms with van der Waals surface area (Å²) in [5, 5.41) is 3.49. The van der Waals surface area contributed by atoms with Gasteiger partial charge in [-0.3, -0.25) is 0 Å². The molecular weight excluding hydrogens is 210 g/mol. The van der Waals surface area contributed by atoms with Crippen LogP contribution in [0.4, 0.5) is 0 Å². The lowest BCUT2D eigenvalue weighted by molar-refractivity contribution is -0.0289. The van der Waals surface area contributed by atoms with Gasteiger partial charge in [0.2, 0.25) is 0 Å². The summed E-state index contributed by atoms with van der Waals surface area (Å²) in [5.41, 5.74) is 0.226. The Hall–Kier alpha value is -0.340. The molecule has 1 aliphatic rings. The standard InChI is InChI=1S/C15H29NO/c1-6-10-16-12-15(5,7-2)11-13-8-9-14(3,4)17-13/h7,13,16H,2,6,8-12H2,1,3-5H3. The lowest BCUT2D eigenvalue weighted by Crippen LogP contribution is -2.34. The Bertz CT molecular complexity index is 249. The highest BCUT2D eigenvalue weighted by Gasteiger charge is 2.35. The van der Waals surface area contributed by atoms with Crippen molar-refractivity contribution in [2.75, 3.05) is 13.1 Å². The van der Waals surface area contributed by atoms with Gasteiger partial charge in [0, 0.05) is 12.0 Å². The molecule has 0 spiro atoms. The molecule has 2 nitrogen and oxygen atoms in total. The average Bonchev–Trinajstić information content (AvgIpc) is 2.58. The fourth-order valence-corrected chi connectivity index (χ4v) is 2.52. The highest BCUT2D eigenvalue weighted by atomic mass is 16.5. The van der Waals surface area contributed by atoms with Crippen LogP contribution < -0.4 is 5.32 Å². The summed E-state index contributed by atoms with van der Waals surface area (Å²) >= 11 is 0. The Kier molecular flexibility index (Phi) is 5.21. The Morgan fingerprint density at radius 3 is 2.71 bits per heavy atom. The smallest absolute Gasteiger partial charge is 0.0631 e. The van der Waals surface area contributed by atoms with Crippen molar-refractivity contribution in [3.63, 3.8) is 0 Å². The number of rotatable bonds is 7. The van der Waals surface area contributed by atoms with Gasteiger partial charge in [0.15, 0.2) is 0 Å². The maximum Gasteiger partial charge on any atom is 0.0631 e. The fraction of sp³-hybridized carbons (Fsp3) is 0.867.